The van der Waals surface area contributed by atoms with Crippen molar-refractivity contribution in [3.63, 3.8) is 0 Å². The summed E-state index contributed by atoms with van der Waals surface area (Å²) in [6, 6.07) is 53.4. The quantitative estimate of drug-likeness (QED) is 0.176. The molecule has 0 aliphatic heterocycles. The predicted octanol–water partition coefficient (Wildman–Crippen LogP) is 13.3. The first-order valence-corrected chi connectivity index (χ1v) is 16.9. The summed E-state index contributed by atoms with van der Waals surface area (Å²) >= 11 is 0. The molecule has 1 aromatic heterocycles. The summed E-state index contributed by atoms with van der Waals surface area (Å²) in [7, 11) is 0. The number of furan rings is 1. The van der Waals surface area contributed by atoms with E-state index in [1.165, 1.54) is 38.2 Å². The van der Waals surface area contributed by atoms with Crippen LogP contribution in [0.4, 0.5) is 0 Å². The van der Waals surface area contributed by atoms with Crippen molar-refractivity contribution in [1.82, 2.24) is 0 Å². The third kappa shape index (κ3) is 4.41. The van der Waals surface area contributed by atoms with E-state index < -0.39 is 0 Å². The molecule has 0 radical (unpaired) electrons. The molecule has 9 aromatic rings. The molecule has 0 saturated heterocycles. The van der Waals surface area contributed by atoms with Crippen molar-refractivity contribution in [3.8, 4) is 28.3 Å². The third-order valence-corrected chi connectivity index (χ3v) is 9.96. The van der Waals surface area contributed by atoms with Gasteiger partial charge in [-0.05, 0) is 73.6 Å². The molecule has 234 valence electrons. The maximum atomic E-state index is 10.2. The molecule has 0 aliphatic carbocycles. The number of hydrogen-bond donors (Lipinski definition) is 0. The van der Waals surface area contributed by atoms with Crippen molar-refractivity contribution in [3.05, 3.63) is 181 Å². The molecular weight excluding hydrogens is 607 g/mol. The number of rotatable bonds is 5. The summed E-state index contributed by atoms with van der Waals surface area (Å²) in [6.45, 7) is 6.71. The number of allylic oxidation sites excluding steroid dienone is 1. The fourth-order valence-electron chi connectivity index (χ4n) is 7.87. The molecule has 0 aliphatic rings. The molecule has 0 N–H and O–H groups in total. The van der Waals surface area contributed by atoms with E-state index in [0.29, 0.717) is 5.56 Å². The number of nitriles is 1. The predicted molar refractivity (Wildman–Crippen MR) is 211 cm³/mol. The highest BCUT2D eigenvalue weighted by Crippen LogP contribution is 2.46. The third-order valence-electron chi connectivity index (χ3n) is 9.96. The Labute approximate surface area is 290 Å². The maximum absolute atomic E-state index is 10.2. The first-order valence-electron chi connectivity index (χ1n) is 16.9. The molecular formula is C48H31NO. The van der Waals surface area contributed by atoms with Crippen LogP contribution >= 0.6 is 0 Å². The second kappa shape index (κ2) is 11.8. The standard InChI is InChI=1S/C48H31NO/c1-3-15-41-42-28-32(47-39-24-13-11-22-37(39)46(31-16-5-4-6-17-31)38-23-12-14-25-40(38)47)26-27-44(42)50-48(41)30(2)45-35-20-9-7-18-33(35)43(29-49)34-19-8-10-21-36(34)45/h3-28H,2H2,1H3/b15-3-. The summed E-state index contributed by atoms with van der Waals surface area (Å²) < 4.78 is 6.75. The van der Waals surface area contributed by atoms with Gasteiger partial charge in [0.2, 0.25) is 0 Å². The van der Waals surface area contributed by atoms with Gasteiger partial charge < -0.3 is 4.42 Å². The van der Waals surface area contributed by atoms with Crippen LogP contribution in [0.1, 0.15) is 29.4 Å². The Balaban J connectivity index is 1.31. The van der Waals surface area contributed by atoms with Crippen LogP contribution in [0.25, 0.3) is 88.0 Å². The van der Waals surface area contributed by atoms with Crippen LogP contribution in [0.2, 0.25) is 0 Å². The van der Waals surface area contributed by atoms with Crippen molar-refractivity contribution in [2.24, 2.45) is 0 Å². The number of nitrogens with zero attached hydrogens (tertiary/aromatic N) is 1. The van der Waals surface area contributed by atoms with E-state index in [2.05, 4.69) is 134 Å². The van der Waals surface area contributed by atoms with Gasteiger partial charge in [0, 0.05) is 32.9 Å². The largest absolute Gasteiger partial charge is 0.455 e. The van der Waals surface area contributed by atoms with Crippen molar-refractivity contribution >= 4 is 65.7 Å². The lowest BCUT2D eigenvalue weighted by Gasteiger charge is -2.17. The van der Waals surface area contributed by atoms with Crippen molar-refractivity contribution < 1.29 is 4.42 Å². The smallest absolute Gasteiger partial charge is 0.142 e. The van der Waals surface area contributed by atoms with Gasteiger partial charge in [-0.3, -0.25) is 0 Å². The minimum atomic E-state index is 0.674. The Bertz CT molecular complexity index is 2790. The second-order valence-electron chi connectivity index (χ2n) is 12.7. The Morgan fingerprint density at radius 2 is 1.04 bits per heavy atom. The monoisotopic (exact) mass is 637 g/mol. The van der Waals surface area contributed by atoms with Crippen LogP contribution in [0.5, 0.6) is 0 Å². The fourth-order valence-corrected chi connectivity index (χ4v) is 7.87. The molecule has 50 heavy (non-hydrogen) atoms. The molecule has 0 unspecified atom stereocenters. The van der Waals surface area contributed by atoms with Gasteiger partial charge >= 0.3 is 0 Å². The highest BCUT2D eigenvalue weighted by atomic mass is 16.3. The number of hydrogen-bond acceptors (Lipinski definition) is 2. The van der Waals surface area contributed by atoms with Crippen LogP contribution in [0.3, 0.4) is 0 Å². The second-order valence-corrected chi connectivity index (χ2v) is 12.7. The molecule has 2 nitrogen and oxygen atoms in total. The van der Waals surface area contributed by atoms with Gasteiger partial charge in [0.25, 0.3) is 0 Å². The zero-order valence-corrected chi connectivity index (χ0v) is 27.6. The molecule has 0 amide bonds. The fraction of sp³-hybridized carbons (Fsp3) is 0.0208. The van der Waals surface area contributed by atoms with Crippen molar-refractivity contribution in [1.29, 1.82) is 5.26 Å². The number of benzene rings is 8. The molecule has 8 aromatic carbocycles. The Kier molecular flexibility index (Phi) is 6.93. The zero-order valence-electron chi connectivity index (χ0n) is 27.6. The maximum Gasteiger partial charge on any atom is 0.142 e. The summed E-state index contributed by atoms with van der Waals surface area (Å²) in [6.07, 6.45) is 4.18. The molecule has 0 spiro atoms. The summed E-state index contributed by atoms with van der Waals surface area (Å²) in [4.78, 5) is 0. The molecule has 0 fully saturated rings. The lowest BCUT2D eigenvalue weighted by Crippen LogP contribution is -1.94. The molecule has 9 rings (SSSR count). The van der Waals surface area contributed by atoms with Gasteiger partial charge in [0.1, 0.15) is 17.4 Å². The highest BCUT2D eigenvalue weighted by Gasteiger charge is 2.23. The minimum absolute atomic E-state index is 0.674. The van der Waals surface area contributed by atoms with Gasteiger partial charge in [-0.15, -0.1) is 0 Å². The average Bonchev–Trinajstić information content (AvgIpc) is 3.53. The van der Waals surface area contributed by atoms with E-state index >= 15 is 0 Å². The molecule has 0 bridgehead atoms. The molecule has 0 atom stereocenters. The van der Waals surface area contributed by atoms with Crippen molar-refractivity contribution in [2.75, 3.05) is 0 Å². The van der Waals surface area contributed by atoms with Gasteiger partial charge in [0.15, 0.2) is 0 Å². The van der Waals surface area contributed by atoms with Crippen LogP contribution in [0, 0.1) is 11.3 Å². The summed E-state index contributed by atoms with van der Waals surface area (Å²) in [5.41, 5.74) is 9.02. The van der Waals surface area contributed by atoms with E-state index in [1.54, 1.807) is 0 Å². The highest BCUT2D eigenvalue weighted by molar-refractivity contribution is 6.22. The van der Waals surface area contributed by atoms with Crippen LogP contribution in [-0.4, -0.2) is 0 Å². The van der Waals surface area contributed by atoms with Crippen LogP contribution in [0.15, 0.2) is 163 Å². The van der Waals surface area contributed by atoms with Crippen LogP contribution < -0.4 is 0 Å². The number of fused-ring (bicyclic) bond motifs is 5. The lowest BCUT2D eigenvalue weighted by atomic mass is 9.85. The van der Waals surface area contributed by atoms with E-state index in [1.807, 2.05) is 43.3 Å². The SMILES string of the molecule is C=C(c1oc2ccc(-c3c4ccccc4c(-c4ccccc4)c4ccccc34)cc2c1/C=C\C)c1c2ccccc2c(C#N)c2ccccc12. The van der Waals surface area contributed by atoms with E-state index in [-0.39, 0.29) is 0 Å². The Morgan fingerprint density at radius 3 is 1.56 bits per heavy atom. The lowest BCUT2D eigenvalue weighted by molar-refractivity contribution is 0.600. The van der Waals surface area contributed by atoms with Gasteiger partial charge in [0.05, 0.1) is 5.56 Å². The van der Waals surface area contributed by atoms with Gasteiger partial charge in [-0.1, -0.05) is 152 Å². The Hall–Kier alpha value is -6.69. The van der Waals surface area contributed by atoms with E-state index in [4.69, 9.17) is 4.42 Å². The van der Waals surface area contributed by atoms with E-state index in [0.717, 1.165) is 60.5 Å². The molecule has 1 heterocycles. The summed E-state index contributed by atoms with van der Waals surface area (Å²) in [5.74, 6) is 0.726. The van der Waals surface area contributed by atoms with Gasteiger partial charge in [-0.2, -0.15) is 5.26 Å². The minimum Gasteiger partial charge on any atom is -0.455 e. The van der Waals surface area contributed by atoms with Crippen molar-refractivity contribution in [2.45, 2.75) is 6.92 Å². The first kappa shape index (κ1) is 29.4. The zero-order chi connectivity index (χ0) is 33.8. The molecule has 0 saturated carbocycles. The molecule has 2 heteroatoms. The average molecular weight is 638 g/mol. The van der Waals surface area contributed by atoms with Crippen LogP contribution in [-0.2, 0) is 0 Å². The summed E-state index contributed by atoms with van der Waals surface area (Å²) in [5, 5.41) is 19.9. The first-order chi connectivity index (χ1) is 24.7. The topological polar surface area (TPSA) is 36.9 Å². The Morgan fingerprint density at radius 1 is 0.560 bits per heavy atom. The van der Waals surface area contributed by atoms with Gasteiger partial charge in [-0.25, -0.2) is 0 Å². The van der Waals surface area contributed by atoms with E-state index in [9.17, 15) is 5.26 Å². The normalized spacial score (nSPS) is 11.7.